The minimum absolute atomic E-state index is 0.136. The van der Waals surface area contributed by atoms with Crippen LogP contribution in [0.3, 0.4) is 0 Å². The van der Waals surface area contributed by atoms with E-state index in [1.807, 2.05) is 37.3 Å². The predicted octanol–water partition coefficient (Wildman–Crippen LogP) is 3.95. The molecule has 1 atom stereocenters. The van der Waals surface area contributed by atoms with Gasteiger partial charge in [0.25, 0.3) is 0 Å². The van der Waals surface area contributed by atoms with Crippen LogP contribution >= 0.6 is 11.6 Å². The zero-order valence-corrected chi connectivity index (χ0v) is 14.3. The van der Waals surface area contributed by atoms with Gasteiger partial charge >= 0.3 is 0 Å². The maximum Gasteiger partial charge on any atom is 0.240 e. The van der Waals surface area contributed by atoms with Crippen LogP contribution < -0.4 is 4.72 Å². The quantitative estimate of drug-likeness (QED) is 0.867. The summed E-state index contributed by atoms with van der Waals surface area (Å²) in [4.78, 5) is 0.251. The van der Waals surface area contributed by atoms with Crippen molar-refractivity contribution in [2.75, 3.05) is 0 Å². The summed E-state index contributed by atoms with van der Waals surface area (Å²) < 4.78 is 27.8. The first-order valence-corrected chi connectivity index (χ1v) is 9.11. The summed E-state index contributed by atoms with van der Waals surface area (Å²) in [5.74, 6) is 0. The Bertz CT molecular complexity index is 730. The lowest BCUT2D eigenvalue weighted by Crippen LogP contribution is -2.36. The maximum atomic E-state index is 12.5. The van der Waals surface area contributed by atoms with Crippen molar-refractivity contribution in [1.82, 2.24) is 4.72 Å². The molecule has 22 heavy (non-hydrogen) atoms. The third-order valence-corrected chi connectivity index (χ3v) is 5.52. The van der Waals surface area contributed by atoms with E-state index in [4.69, 9.17) is 11.6 Å². The molecular weight excluding hydrogens is 318 g/mol. The normalized spacial score (nSPS) is 13.0. The van der Waals surface area contributed by atoms with Gasteiger partial charge in [-0.25, -0.2) is 13.1 Å². The van der Waals surface area contributed by atoms with Gasteiger partial charge in [0.15, 0.2) is 0 Å². The van der Waals surface area contributed by atoms with Crippen LogP contribution in [0.4, 0.5) is 0 Å². The van der Waals surface area contributed by atoms with Gasteiger partial charge in [-0.2, -0.15) is 0 Å². The summed E-state index contributed by atoms with van der Waals surface area (Å²) in [6.45, 7) is 3.77. The molecule has 0 spiro atoms. The van der Waals surface area contributed by atoms with Gasteiger partial charge in [0.2, 0.25) is 10.0 Å². The van der Waals surface area contributed by atoms with Crippen LogP contribution in [0.2, 0.25) is 5.02 Å². The summed E-state index contributed by atoms with van der Waals surface area (Å²) in [6.07, 6.45) is 1.39. The summed E-state index contributed by atoms with van der Waals surface area (Å²) in [6, 6.07) is 14.5. The molecule has 0 heterocycles. The first kappa shape index (κ1) is 17.0. The van der Waals surface area contributed by atoms with Crippen LogP contribution in [0.5, 0.6) is 0 Å². The smallest absolute Gasteiger partial charge is 0.208 e. The van der Waals surface area contributed by atoms with Crippen LogP contribution in [0.1, 0.15) is 24.5 Å². The Labute approximate surface area is 137 Å². The van der Waals surface area contributed by atoms with Crippen LogP contribution in [0.15, 0.2) is 53.4 Å². The number of halogens is 1. The molecule has 2 rings (SSSR count). The van der Waals surface area contributed by atoms with Crippen LogP contribution in [0.25, 0.3) is 0 Å². The Morgan fingerprint density at radius 1 is 1.14 bits per heavy atom. The Balaban J connectivity index is 2.16. The van der Waals surface area contributed by atoms with Crippen molar-refractivity contribution in [3.63, 3.8) is 0 Å². The third-order valence-electron chi connectivity index (χ3n) is 3.58. The maximum absolute atomic E-state index is 12.5. The second-order valence-corrected chi connectivity index (χ2v) is 7.45. The fraction of sp³-hybridized carbons (Fsp3) is 0.294. The molecule has 118 valence electrons. The van der Waals surface area contributed by atoms with Gasteiger partial charge in [-0.15, -0.1) is 0 Å². The second kappa shape index (κ2) is 7.27. The summed E-state index contributed by atoms with van der Waals surface area (Å²) >= 11 is 5.96. The molecular formula is C17H20ClNO2S. The lowest BCUT2D eigenvalue weighted by atomic mass is 10.1. The zero-order valence-electron chi connectivity index (χ0n) is 12.7. The SMILES string of the molecule is CCC(Cc1ccccc1)NS(=O)(=O)c1ccc(Cl)c(C)c1. The number of hydrogen-bond acceptors (Lipinski definition) is 2. The van der Waals surface area contributed by atoms with Gasteiger partial charge in [0, 0.05) is 11.1 Å². The Kier molecular flexibility index (Phi) is 5.62. The molecule has 0 saturated carbocycles. The predicted molar refractivity (Wildman–Crippen MR) is 90.7 cm³/mol. The van der Waals surface area contributed by atoms with Crippen LogP contribution in [-0.4, -0.2) is 14.5 Å². The van der Waals surface area contributed by atoms with E-state index in [1.54, 1.807) is 19.1 Å². The molecule has 2 aromatic rings. The van der Waals surface area contributed by atoms with Crippen molar-refractivity contribution in [3.05, 3.63) is 64.7 Å². The number of rotatable bonds is 6. The topological polar surface area (TPSA) is 46.2 Å². The van der Waals surface area contributed by atoms with Crippen LogP contribution in [0, 0.1) is 6.92 Å². The van der Waals surface area contributed by atoms with E-state index in [0.29, 0.717) is 11.4 Å². The molecule has 2 aromatic carbocycles. The molecule has 0 fully saturated rings. The third kappa shape index (κ3) is 4.32. The number of nitrogens with one attached hydrogen (secondary N) is 1. The summed E-state index contributed by atoms with van der Waals surface area (Å²) in [5.41, 5.74) is 1.87. The minimum Gasteiger partial charge on any atom is -0.208 e. The average Bonchev–Trinajstić information content (AvgIpc) is 2.50. The fourth-order valence-corrected chi connectivity index (χ4v) is 3.76. The molecule has 0 aromatic heterocycles. The van der Waals surface area contributed by atoms with Crippen molar-refractivity contribution in [2.24, 2.45) is 0 Å². The summed E-state index contributed by atoms with van der Waals surface area (Å²) in [7, 11) is -3.54. The first-order valence-electron chi connectivity index (χ1n) is 7.25. The number of hydrogen-bond donors (Lipinski definition) is 1. The lowest BCUT2D eigenvalue weighted by molar-refractivity contribution is 0.537. The number of sulfonamides is 1. The molecule has 0 saturated heterocycles. The second-order valence-electron chi connectivity index (χ2n) is 5.33. The van der Waals surface area contributed by atoms with E-state index in [0.717, 1.165) is 17.5 Å². The average molecular weight is 338 g/mol. The van der Waals surface area contributed by atoms with Gasteiger partial charge < -0.3 is 0 Å². The highest BCUT2D eigenvalue weighted by Gasteiger charge is 2.19. The number of benzene rings is 2. The van der Waals surface area contributed by atoms with Crippen molar-refractivity contribution < 1.29 is 8.42 Å². The van der Waals surface area contributed by atoms with Crippen molar-refractivity contribution in [3.8, 4) is 0 Å². The van der Waals surface area contributed by atoms with Gasteiger partial charge in [0.05, 0.1) is 4.90 Å². The molecule has 0 radical (unpaired) electrons. The molecule has 0 bridgehead atoms. The van der Waals surface area contributed by atoms with E-state index in [9.17, 15) is 8.42 Å². The first-order chi connectivity index (χ1) is 10.4. The Morgan fingerprint density at radius 2 is 1.82 bits per heavy atom. The van der Waals surface area contributed by atoms with Gasteiger partial charge in [-0.05, 0) is 49.1 Å². The highest BCUT2D eigenvalue weighted by molar-refractivity contribution is 7.89. The lowest BCUT2D eigenvalue weighted by Gasteiger charge is -2.17. The molecule has 3 nitrogen and oxygen atoms in total. The molecule has 0 aliphatic carbocycles. The van der Waals surface area contributed by atoms with E-state index >= 15 is 0 Å². The van der Waals surface area contributed by atoms with Gasteiger partial charge in [-0.1, -0.05) is 48.9 Å². The molecule has 1 N–H and O–H groups in total. The zero-order chi connectivity index (χ0) is 16.2. The molecule has 5 heteroatoms. The summed E-state index contributed by atoms with van der Waals surface area (Å²) in [5, 5.41) is 0.565. The van der Waals surface area contributed by atoms with Crippen molar-refractivity contribution >= 4 is 21.6 Å². The largest absolute Gasteiger partial charge is 0.240 e. The fourth-order valence-electron chi connectivity index (χ4n) is 2.24. The number of aryl methyl sites for hydroxylation is 1. The van der Waals surface area contributed by atoms with E-state index in [-0.39, 0.29) is 10.9 Å². The monoisotopic (exact) mass is 337 g/mol. The highest BCUT2D eigenvalue weighted by Crippen LogP contribution is 2.20. The van der Waals surface area contributed by atoms with E-state index in [2.05, 4.69) is 4.72 Å². The highest BCUT2D eigenvalue weighted by atomic mass is 35.5. The molecule has 0 aliphatic heterocycles. The van der Waals surface area contributed by atoms with Gasteiger partial charge in [-0.3, -0.25) is 0 Å². The standard InChI is InChI=1S/C17H20ClNO2S/c1-3-15(12-14-7-5-4-6-8-14)19-22(20,21)16-9-10-17(18)13(2)11-16/h4-11,15,19H,3,12H2,1-2H3. The molecule has 0 amide bonds. The Morgan fingerprint density at radius 3 is 2.41 bits per heavy atom. The van der Waals surface area contributed by atoms with Crippen molar-refractivity contribution in [2.45, 2.75) is 37.6 Å². The van der Waals surface area contributed by atoms with E-state index in [1.165, 1.54) is 6.07 Å². The van der Waals surface area contributed by atoms with Crippen molar-refractivity contribution in [1.29, 1.82) is 0 Å². The molecule has 0 aliphatic rings. The molecule has 1 unspecified atom stereocenters. The minimum atomic E-state index is -3.54. The van der Waals surface area contributed by atoms with Crippen LogP contribution in [-0.2, 0) is 16.4 Å². The Hall–Kier alpha value is -1.36. The van der Waals surface area contributed by atoms with E-state index < -0.39 is 10.0 Å². The van der Waals surface area contributed by atoms with Gasteiger partial charge in [0.1, 0.15) is 0 Å².